The van der Waals surface area contributed by atoms with E-state index in [9.17, 15) is 9.59 Å². The predicted molar refractivity (Wildman–Crippen MR) is 112 cm³/mol. The van der Waals surface area contributed by atoms with Crippen LogP contribution in [0.1, 0.15) is 21.6 Å². The summed E-state index contributed by atoms with van der Waals surface area (Å²) in [5, 5.41) is 6.99. The van der Waals surface area contributed by atoms with Crippen molar-refractivity contribution >= 4 is 22.5 Å². The number of pyridine rings is 1. The highest BCUT2D eigenvalue weighted by atomic mass is 16.5. The number of amides is 1. The summed E-state index contributed by atoms with van der Waals surface area (Å²) in [6, 6.07) is 11.6. The van der Waals surface area contributed by atoms with Gasteiger partial charge in [0.1, 0.15) is 5.56 Å². The Kier molecular flexibility index (Phi) is 4.55. The second kappa shape index (κ2) is 7.38. The number of hydrogen-bond donors (Lipinski definition) is 2. The van der Waals surface area contributed by atoms with Crippen LogP contribution in [-0.2, 0) is 11.2 Å². The van der Waals surface area contributed by atoms with Crippen LogP contribution in [0.25, 0.3) is 16.6 Å². The first-order chi connectivity index (χ1) is 14.6. The van der Waals surface area contributed by atoms with Gasteiger partial charge in [0.2, 0.25) is 0 Å². The third-order valence-electron chi connectivity index (χ3n) is 5.60. The maximum absolute atomic E-state index is 12.8. The molecule has 8 heteroatoms. The molecule has 0 bridgehead atoms. The van der Waals surface area contributed by atoms with Gasteiger partial charge < -0.3 is 10.1 Å². The summed E-state index contributed by atoms with van der Waals surface area (Å²) in [6.45, 7) is 2.79. The van der Waals surface area contributed by atoms with Crippen molar-refractivity contribution in [3.8, 4) is 0 Å². The molecular weight excluding hydrogens is 382 g/mol. The molecule has 1 saturated heterocycles. The molecule has 8 nitrogen and oxygen atoms in total. The zero-order chi connectivity index (χ0) is 20.7. The molecule has 0 radical (unpaired) electrons. The van der Waals surface area contributed by atoms with Gasteiger partial charge in [0.15, 0.2) is 5.65 Å². The standard InChI is InChI=1S/C22H21N5O3/c1-13-8-20-24-10-17(22(29)27(20)26-13)21(28)25-19-12-30-11-15(19)9-14-6-7-23-18-5-3-2-4-16(14)18/h2-8,10,15,19,26H,9,11-12H2,1H3,(H,25,28)/t15-,19+/m1/s1. The molecule has 0 aliphatic carbocycles. The highest BCUT2D eigenvalue weighted by Crippen LogP contribution is 2.24. The quantitative estimate of drug-likeness (QED) is 0.542. The zero-order valence-electron chi connectivity index (χ0n) is 16.5. The van der Waals surface area contributed by atoms with Crippen LogP contribution in [0.4, 0.5) is 0 Å². The molecule has 1 aromatic carbocycles. The third-order valence-corrected chi connectivity index (χ3v) is 5.60. The Hall–Kier alpha value is -3.52. The first-order valence-electron chi connectivity index (χ1n) is 9.89. The van der Waals surface area contributed by atoms with Gasteiger partial charge in [-0.15, -0.1) is 0 Å². The van der Waals surface area contributed by atoms with E-state index in [1.54, 1.807) is 12.3 Å². The first kappa shape index (κ1) is 18.5. The summed E-state index contributed by atoms with van der Waals surface area (Å²) >= 11 is 0. The van der Waals surface area contributed by atoms with E-state index in [-0.39, 0.29) is 17.5 Å². The Bertz CT molecular complexity index is 1300. The number of nitrogens with zero attached hydrogens (tertiary/aromatic N) is 3. The number of carbonyl (C=O) groups excluding carboxylic acids is 1. The van der Waals surface area contributed by atoms with E-state index in [1.807, 2.05) is 31.2 Å². The number of aromatic nitrogens is 4. The lowest BCUT2D eigenvalue weighted by atomic mass is 9.93. The number of ether oxygens (including phenoxy) is 1. The number of rotatable bonds is 4. The molecule has 2 N–H and O–H groups in total. The molecule has 1 aliphatic heterocycles. The number of H-pyrrole nitrogens is 1. The number of para-hydroxylation sites is 1. The summed E-state index contributed by atoms with van der Waals surface area (Å²) in [4.78, 5) is 34.1. The number of nitrogens with one attached hydrogen (secondary N) is 2. The number of carbonyl (C=O) groups is 1. The molecule has 152 valence electrons. The van der Waals surface area contributed by atoms with Gasteiger partial charge in [0.25, 0.3) is 11.5 Å². The number of benzene rings is 1. The van der Waals surface area contributed by atoms with Crippen LogP contribution < -0.4 is 10.9 Å². The maximum atomic E-state index is 12.8. The molecule has 0 spiro atoms. The summed E-state index contributed by atoms with van der Waals surface area (Å²) in [5.41, 5.74) is 2.99. The molecule has 0 saturated carbocycles. The number of aryl methyl sites for hydroxylation is 1. The first-order valence-corrected chi connectivity index (χ1v) is 9.89. The minimum Gasteiger partial charge on any atom is -0.379 e. The van der Waals surface area contributed by atoms with Gasteiger partial charge >= 0.3 is 0 Å². The number of fused-ring (bicyclic) bond motifs is 2. The van der Waals surface area contributed by atoms with E-state index in [1.165, 1.54) is 16.3 Å². The average molecular weight is 403 g/mol. The van der Waals surface area contributed by atoms with E-state index in [0.29, 0.717) is 18.9 Å². The van der Waals surface area contributed by atoms with Crippen LogP contribution in [0.5, 0.6) is 0 Å². The Morgan fingerprint density at radius 1 is 1.27 bits per heavy atom. The second-order valence-corrected chi connectivity index (χ2v) is 7.68. The molecule has 3 aromatic heterocycles. The topological polar surface area (TPSA) is 101 Å². The van der Waals surface area contributed by atoms with E-state index in [2.05, 4.69) is 26.4 Å². The van der Waals surface area contributed by atoms with E-state index >= 15 is 0 Å². The largest absolute Gasteiger partial charge is 0.379 e. The third kappa shape index (κ3) is 3.25. The predicted octanol–water partition coefficient (Wildman–Crippen LogP) is 1.87. The van der Waals surface area contributed by atoms with Crippen LogP contribution in [0.3, 0.4) is 0 Å². The zero-order valence-corrected chi connectivity index (χ0v) is 16.5. The minimum absolute atomic E-state index is 0.00867. The molecule has 4 heterocycles. The highest BCUT2D eigenvalue weighted by Gasteiger charge is 2.31. The number of hydrogen-bond acceptors (Lipinski definition) is 5. The summed E-state index contributed by atoms with van der Waals surface area (Å²) in [5.74, 6) is -0.332. The van der Waals surface area contributed by atoms with Crippen LogP contribution >= 0.6 is 0 Å². The Morgan fingerprint density at radius 3 is 3.03 bits per heavy atom. The highest BCUT2D eigenvalue weighted by molar-refractivity contribution is 5.94. The summed E-state index contributed by atoms with van der Waals surface area (Å²) in [7, 11) is 0. The molecule has 1 amide bonds. The molecular formula is C22H21N5O3. The van der Waals surface area contributed by atoms with E-state index in [4.69, 9.17) is 4.74 Å². The lowest BCUT2D eigenvalue weighted by Crippen LogP contribution is -2.42. The van der Waals surface area contributed by atoms with Crippen molar-refractivity contribution < 1.29 is 9.53 Å². The number of aromatic amines is 1. The average Bonchev–Trinajstić information content (AvgIpc) is 3.34. The van der Waals surface area contributed by atoms with E-state index < -0.39 is 11.5 Å². The SMILES string of the molecule is Cc1cc2ncc(C(=O)N[C@H]3COC[C@H]3Cc3ccnc4ccccc34)c(=O)n2[nH]1. The Balaban J connectivity index is 1.37. The fourth-order valence-electron chi connectivity index (χ4n) is 4.06. The van der Waals surface area contributed by atoms with E-state index in [0.717, 1.165) is 23.0 Å². The van der Waals surface area contributed by atoms with Gasteiger partial charge in [-0.25, -0.2) is 9.50 Å². The van der Waals surface area contributed by atoms with Crippen LogP contribution in [0, 0.1) is 12.8 Å². The molecule has 30 heavy (non-hydrogen) atoms. The summed E-state index contributed by atoms with van der Waals surface area (Å²) in [6.07, 6.45) is 3.89. The fraction of sp³-hybridized carbons (Fsp3) is 0.273. The molecule has 5 rings (SSSR count). The normalized spacial score (nSPS) is 18.8. The molecule has 2 atom stereocenters. The monoisotopic (exact) mass is 403 g/mol. The maximum Gasteiger partial charge on any atom is 0.285 e. The van der Waals surface area contributed by atoms with Crippen LogP contribution in [0.15, 0.2) is 53.6 Å². The van der Waals surface area contributed by atoms with Crippen molar-refractivity contribution in [3.63, 3.8) is 0 Å². The van der Waals surface area contributed by atoms with Crippen LogP contribution in [0.2, 0.25) is 0 Å². The van der Waals surface area contributed by atoms with Crippen LogP contribution in [-0.4, -0.2) is 44.7 Å². The van der Waals surface area contributed by atoms with Gasteiger partial charge in [0.05, 0.1) is 24.8 Å². The van der Waals surface area contributed by atoms with Crippen molar-refractivity contribution in [3.05, 3.63) is 76.0 Å². The lowest BCUT2D eigenvalue weighted by Gasteiger charge is -2.19. The van der Waals surface area contributed by atoms with Crippen molar-refractivity contribution in [1.29, 1.82) is 0 Å². The molecule has 0 unspecified atom stereocenters. The summed E-state index contributed by atoms with van der Waals surface area (Å²) < 4.78 is 6.95. The second-order valence-electron chi connectivity index (χ2n) is 7.68. The molecule has 1 aliphatic rings. The van der Waals surface area contributed by atoms with Gasteiger partial charge in [-0.3, -0.25) is 19.7 Å². The van der Waals surface area contributed by atoms with Crippen molar-refractivity contribution in [2.75, 3.05) is 13.2 Å². The lowest BCUT2D eigenvalue weighted by molar-refractivity contribution is 0.0923. The Labute approximate surface area is 171 Å². The van der Waals surface area contributed by atoms with Gasteiger partial charge in [-0.05, 0) is 31.0 Å². The van der Waals surface area contributed by atoms with Gasteiger partial charge in [-0.1, -0.05) is 18.2 Å². The van der Waals surface area contributed by atoms with Gasteiger partial charge in [0, 0.05) is 35.5 Å². The Morgan fingerprint density at radius 2 is 2.13 bits per heavy atom. The van der Waals surface area contributed by atoms with Crippen molar-refractivity contribution in [2.45, 2.75) is 19.4 Å². The molecule has 4 aromatic rings. The molecule has 1 fully saturated rings. The smallest absolute Gasteiger partial charge is 0.285 e. The van der Waals surface area contributed by atoms with Crippen molar-refractivity contribution in [1.82, 2.24) is 24.9 Å². The minimum atomic E-state index is -0.436. The van der Waals surface area contributed by atoms with Gasteiger partial charge in [-0.2, -0.15) is 0 Å². The van der Waals surface area contributed by atoms with Crippen molar-refractivity contribution in [2.24, 2.45) is 5.92 Å². The fourth-order valence-corrected chi connectivity index (χ4v) is 4.06.